The Morgan fingerprint density at radius 1 is 1.17 bits per heavy atom. The first-order valence-electron chi connectivity index (χ1n) is 11.1. The van der Waals surface area contributed by atoms with Gasteiger partial charge in [-0.2, -0.15) is 0 Å². The molecule has 0 atom stereocenters. The molecule has 0 aliphatic carbocycles. The first kappa shape index (κ1) is 22.1. The molecule has 1 aromatic heterocycles. The summed E-state index contributed by atoms with van der Waals surface area (Å²) in [6, 6.07) is 15.1. The molecule has 6 nitrogen and oxygen atoms in total. The van der Waals surface area contributed by atoms with Crippen LogP contribution in [-0.2, 0) is 13.1 Å². The third-order valence-corrected chi connectivity index (χ3v) is 5.43. The van der Waals surface area contributed by atoms with Crippen molar-refractivity contribution in [2.45, 2.75) is 51.7 Å². The molecule has 1 aliphatic rings. The second kappa shape index (κ2) is 12.2. The van der Waals surface area contributed by atoms with Gasteiger partial charge in [-0.1, -0.05) is 49.7 Å². The topological polar surface area (TPSA) is 61.8 Å². The van der Waals surface area contributed by atoms with Gasteiger partial charge in [0, 0.05) is 51.0 Å². The number of ether oxygens (including phenoxy) is 1. The average Bonchev–Trinajstić information content (AvgIpc) is 2.79. The van der Waals surface area contributed by atoms with Gasteiger partial charge in [0.05, 0.1) is 6.61 Å². The minimum atomic E-state index is 0.442. The van der Waals surface area contributed by atoms with Crippen molar-refractivity contribution in [3.63, 3.8) is 0 Å². The molecule has 0 spiro atoms. The van der Waals surface area contributed by atoms with Gasteiger partial charge >= 0.3 is 0 Å². The van der Waals surface area contributed by atoms with Gasteiger partial charge in [0.1, 0.15) is 0 Å². The van der Waals surface area contributed by atoms with E-state index < -0.39 is 0 Å². The summed E-state index contributed by atoms with van der Waals surface area (Å²) in [5.41, 5.74) is 2.43. The van der Waals surface area contributed by atoms with E-state index >= 15 is 0 Å². The lowest BCUT2D eigenvalue weighted by molar-refractivity contribution is 0.198. The van der Waals surface area contributed by atoms with Crippen LogP contribution in [0.5, 0.6) is 5.88 Å². The zero-order chi connectivity index (χ0) is 21.0. The molecule has 2 aromatic rings. The van der Waals surface area contributed by atoms with Crippen molar-refractivity contribution in [1.29, 1.82) is 0 Å². The number of pyridine rings is 1. The lowest BCUT2D eigenvalue weighted by Crippen LogP contribution is -2.48. The van der Waals surface area contributed by atoms with Gasteiger partial charge in [0.15, 0.2) is 5.96 Å². The zero-order valence-corrected chi connectivity index (χ0v) is 18.3. The number of hydrogen-bond donors (Lipinski definition) is 2. The van der Waals surface area contributed by atoms with Gasteiger partial charge in [0.25, 0.3) is 0 Å². The lowest BCUT2D eigenvalue weighted by atomic mass is 10.0. The average molecular weight is 410 g/mol. The molecule has 0 unspecified atom stereocenters. The van der Waals surface area contributed by atoms with Gasteiger partial charge in [-0.05, 0) is 30.9 Å². The molecule has 0 saturated carbocycles. The first-order chi connectivity index (χ1) is 14.8. The number of benzene rings is 1. The van der Waals surface area contributed by atoms with E-state index in [0.29, 0.717) is 25.1 Å². The van der Waals surface area contributed by atoms with Crippen LogP contribution in [0.4, 0.5) is 0 Å². The first-order valence-corrected chi connectivity index (χ1v) is 11.1. The van der Waals surface area contributed by atoms with Crippen molar-refractivity contribution >= 4 is 5.96 Å². The highest BCUT2D eigenvalue weighted by Crippen LogP contribution is 2.16. The minimum absolute atomic E-state index is 0.442. The van der Waals surface area contributed by atoms with Crippen LogP contribution < -0.4 is 15.4 Å². The fourth-order valence-corrected chi connectivity index (χ4v) is 3.65. The third kappa shape index (κ3) is 7.02. The summed E-state index contributed by atoms with van der Waals surface area (Å²) >= 11 is 0. The summed E-state index contributed by atoms with van der Waals surface area (Å²) in [4.78, 5) is 11.3. The number of guanidine groups is 1. The molecule has 0 radical (unpaired) electrons. The van der Waals surface area contributed by atoms with Crippen LogP contribution in [0, 0.1) is 0 Å². The largest absolute Gasteiger partial charge is 0.477 e. The normalized spacial score (nSPS) is 15.7. The monoisotopic (exact) mass is 409 g/mol. The van der Waals surface area contributed by atoms with Crippen LogP contribution in [0.2, 0.25) is 0 Å². The number of likely N-dealkylation sites (tertiary alicyclic amines) is 1. The Morgan fingerprint density at radius 2 is 1.97 bits per heavy atom. The highest BCUT2D eigenvalue weighted by Gasteiger charge is 2.20. The molecular formula is C24H35N5O. The molecule has 0 bridgehead atoms. The number of piperidine rings is 1. The second-order valence-electron chi connectivity index (χ2n) is 7.78. The Hall–Kier alpha value is -2.60. The fourth-order valence-electron chi connectivity index (χ4n) is 3.65. The van der Waals surface area contributed by atoms with Crippen LogP contribution in [-0.4, -0.2) is 48.6 Å². The van der Waals surface area contributed by atoms with E-state index in [1.807, 2.05) is 13.1 Å². The van der Waals surface area contributed by atoms with Crippen molar-refractivity contribution in [2.75, 3.05) is 26.7 Å². The number of rotatable bonds is 9. The highest BCUT2D eigenvalue weighted by atomic mass is 16.5. The van der Waals surface area contributed by atoms with Crippen molar-refractivity contribution in [2.24, 2.45) is 4.99 Å². The molecule has 1 aliphatic heterocycles. The number of nitrogens with one attached hydrogen (secondary N) is 2. The third-order valence-electron chi connectivity index (χ3n) is 5.43. The zero-order valence-electron chi connectivity index (χ0n) is 18.3. The molecule has 0 amide bonds. The Morgan fingerprint density at radius 3 is 2.70 bits per heavy atom. The quantitative estimate of drug-likeness (QED) is 0.376. The summed E-state index contributed by atoms with van der Waals surface area (Å²) < 4.78 is 5.84. The number of hydrogen-bond acceptors (Lipinski definition) is 4. The van der Waals surface area contributed by atoms with Crippen LogP contribution in [0.25, 0.3) is 0 Å². The summed E-state index contributed by atoms with van der Waals surface area (Å²) in [7, 11) is 1.82. The van der Waals surface area contributed by atoms with Crippen LogP contribution in [0.15, 0.2) is 53.7 Å². The molecule has 3 rings (SSSR count). The smallest absolute Gasteiger partial charge is 0.218 e. The second-order valence-corrected chi connectivity index (χ2v) is 7.78. The van der Waals surface area contributed by atoms with E-state index in [-0.39, 0.29) is 0 Å². The van der Waals surface area contributed by atoms with Gasteiger partial charge in [-0.15, -0.1) is 0 Å². The molecule has 6 heteroatoms. The molecule has 1 saturated heterocycles. The molecule has 2 heterocycles. The summed E-state index contributed by atoms with van der Waals surface area (Å²) in [5.74, 6) is 1.54. The van der Waals surface area contributed by atoms with E-state index in [4.69, 9.17) is 4.74 Å². The summed E-state index contributed by atoms with van der Waals surface area (Å²) in [5, 5.41) is 7.00. The maximum absolute atomic E-state index is 5.84. The standard InChI is InChI=1S/C24H35N5O/c1-3-4-17-30-23-21(11-8-14-26-23)18-27-24(25-2)28-22-12-15-29(16-13-22)19-20-9-6-5-7-10-20/h5-11,14,22H,3-4,12-13,15-19H2,1-2H3,(H2,25,27,28). The van der Waals surface area contributed by atoms with E-state index in [9.17, 15) is 0 Å². The molecular weight excluding hydrogens is 374 g/mol. The highest BCUT2D eigenvalue weighted by molar-refractivity contribution is 5.80. The Labute approximate surface area is 180 Å². The summed E-state index contributed by atoms with van der Waals surface area (Å²) in [6.07, 6.45) is 6.16. The van der Waals surface area contributed by atoms with Crippen LogP contribution in [0.3, 0.4) is 0 Å². The molecule has 1 fully saturated rings. The Balaban J connectivity index is 1.43. The predicted molar refractivity (Wildman–Crippen MR) is 123 cm³/mol. The van der Waals surface area contributed by atoms with Crippen LogP contribution in [0.1, 0.15) is 43.7 Å². The number of nitrogens with zero attached hydrogens (tertiary/aromatic N) is 3. The predicted octanol–water partition coefficient (Wildman–Crippen LogP) is 3.59. The van der Waals surface area contributed by atoms with Crippen molar-refractivity contribution in [1.82, 2.24) is 20.5 Å². The number of unbranched alkanes of at least 4 members (excludes halogenated alkanes) is 1. The van der Waals surface area contributed by atoms with Crippen molar-refractivity contribution < 1.29 is 4.74 Å². The lowest BCUT2D eigenvalue weighted by Gasteiger charge is -2.33. The SMILES string of the molecule is CCCCOc1ncccc1CNC(=NC)NC1CCN(Cc2ccccc2)CC1. The van der Waals surface area contributed by atoms with E-state index in [0.717, 1.165) is 56.8 Å². The number of aromatic nitrogens is 1. The molecule has 162 valence electrons. The van der Waals surface area contributed by atoms with Crippen molar-refractivity contribution in [3.05, 3.63) is 59.8 Å². The van der Waals surface area contributed by atoms with Crippen molar-refractivity contribution in [3.8, 4) is 5.88 Å². The minimum Gasteiger partial charge on any atom is -0.477 e. The molecule has 30 heavy (non-hydrogen) atoms. The van der Waals surface area contributed by atoms with Crippen LogP contribution >= 0.6 is 0 Å². The van der Waals surface area contributed by atoms with E-state index in [1.54, 1.807) is 6.20 Å². The van der Waals surface area contributed by atoms with E-state index in [2.05, 4.69) is 68.8 Å². The maximum atomic E-state index is 5.84. The van der Waals surface area contributed by atoms with E-state index in [1.165, 1.54) is 5.56 Å². The Bertz CT molecular complexity index is 772. The van der Waals surface area contributed by atoms with Gasteiger partial charge in [0.2, 0.25) is 5.88 Å². The Kier molecular flexibility index (Phi) is 8.97. The number of aliphatic imine (C=N–C) groups is 1. The summed E-state index contributed by atoms with van der Waals surface area (Å²) in [6.45, 7) is 6.73. The molecule has 2 N–H and O–H groups in total. The maximum Gasteiger partial charge on any atom is 0.218 e. The fraction of sp³-hybridized carbons (Fsp3) is 0.500. The molecule has 1 aromatic carbocycles. The van der Waals surface area contributed by atoms with Gasteiger partial charge in [-0.3, -0.25) is 9.89 Å². The van der Waals surface area contributed by atoms with Gasteiger partial charge in [-0.25, -0.2) is 4.98 Å². The van der Waals surface area contributed by atoms with Gasteiger partial charge < -0.3 is 15.4 Å².